The van der Waals surface area contributed by atoms with Gasteiger partial charge in [-0.2, -0.15) is 4.73 Å². The molecule has 0 saturated heterocycles. The number of halogens is 1. The van der Waals surface area contributed by atoms with Gasteiger partial charge in [-0.05, 0) is 31.2 Å². The van der Waals surface area contributed by atoms with E-state index in [-0.39, 0.29) is 17.4 Å². The van der Waals surface area contributed by atoms with Gasteiger partial charge in [0, 0.05) is 11.1 Å². The van der Waals surface area contributed by atoms with Gasteiger partial charge in [-0.15, -0.1) is 0 Å². The zero-order valence-electron chi connectivity index (χ0n) is 11.8. The lowest BCUT2D eigenvalue weighted by Crippen LogP contribution is -2.10. The molecule has 0 saturated carbocycles. The van der Waals surface area contributed by atoms with Crippen LogP contribution in [0.2, 0.25) is 0 Å². The van der Waals surface area contributed by atoms with Crippen LogP contribution in [-0.4, -0.2) is 20.7 Å². The molecule has 1 aromatic heterocycles. The van der Waals surface area contributed by atoms with Gasteiger partial charge in [0.1, 0.15) is 11.5 Å². The van der Waals surface area contributed by atoms with Crippen molar-refractivity contribution in [2.45, 2.75) is 6.92 Å². The van der Waals surface area contributed by atoms with Crippen LogP contribution in [0.25, 0.3) is 11.3 Å². The van der Waals surface area contributed by atoms with Gasteiger partial charge >= 0.3 is 0 Å². The maximum atomic E-state index is 13.0. The molecule has 0 aliphatic heterocycles. The number of hydrogen-bond donors (Lipinski definition) is 1. The number of aromatic nitrogens is 2. The smallest absolute Gasteiger partial charge is 0.231 e. The summed E-state index contributed by atoms with van der Waals surface area (Å²) in [6, 6.07) is 14.2. The molecule has 0 unspecified atom stereocenters. The van der Waals surface area contributed by atoms with Crippen molar-refractivity contribution in [3.05, 3.63) is 77.5 Å². The van der Waals surface area contributed by atoms with Gasteiger partial charge in [0.15, 0.2) is 0 Å². The highest BCUT2D eigenvalue weighted by Crippen LogP contribution is 2.25. The topological polar surface area (TPSA) is 55.1 Å². The van der Waals surface area contributed by atoms with Gasteiger partial charge in [-0.25, -0.2) is 9.37 Å². The average molecular weight is 296 g/mol. The Bertz CT molecular complexity index is 824. The van der Waals surface area contributed by atoms with Crippen LogP contribution < -0.4 is 0 Å². The molecule has 22 heavy (non-hydrogen) atoms. The number of carbonyl (C=O) groups is 1. The van der Waals surface area contributed by atoms with Crippen molar-refractivity contribution in [3.8, 4) is 11.3 Å². The van der Waals surface area contributed by atoms with Gasteiger partial charge in [-0.3, -0.25) is 4.79 Å². The lowest BCUT2D eigenvalue weighted by atomic mass is 10.1. The van der Waals surface area contributed by atoms with Crippen LogP contribution in [0.15, 0.2) is 54.6 Å². The number of ketones is 1. The molecule has 3 aromatic rings. The van der Waals surface area contributed by atoms with Crippen LogP contribution in [0.5, 0.6) is 0 Å². The van der Waals surface area contributed by atoms with Gasteiger partial charge in [0.2, 0.25) is 11.6 Å². The second-order valence-corrected chi connectivity index (χ2v) is 4.88. The van der Waals surface area contributed by atoms with Gasteiger partial charge < -0.3 is 5.21 Å². The molecule has 0 aliphatic rings. The minimum Gasteiger partial charge on any atom is -0.426 e. The van der Waals surface area contributed by atoms with Crippen molar-refractivity contribution in [2.24, 2.45) is 0 Å². The van der Waals surface area contributed by atoms with Crippen molar-refractivity contribution in [1.82, 2.24) is 9.71 Å². The quantitative estimate of drug-likeness (QED) is 0.595. The average Bonchev–Trinajstić information content (AvgIpc) is 2.83. The highest BCUT2D eigenvalue weighted by molar-refractivity contribution is 6.07. The standard InChI is InChI=1S/C17H13FN2O2/c1-11-15(12-7-9-14(18)10-8-12)20(22)17(19-11)16(21)13-5-3-2-4-6-13/h2-10,22H,1H3. The molecule has 0 bridgehead atoms. The fourth-order valence-electron chi connectivity index (χ4n) is 2.32. The number of nitrogens with zero attached hydrogens (tertiary/aromatic N) is 2. The molecule has 1 heterocycles. The Morgan fingerprint density at radius 2 is 1.73 bits per heavy atom. The predicted molar refractivity (Wildman–Crippen MR) is 79.4 cm³/mol. The zero-order chi connectivity index (χ0) is 15.7. The fourth-order valence-corrected chi connectivity index (χ4v) is 2.32. The highest BCUT2D eigenvalue weighted by atomic mass is 19.1. The molecule has 0 fully saturated rings. The Morgan fingerprint density at radius 1 is 1.09 bits per heavy atom. The van der Waals surface area contributed by atoms with Crippen LogP contribution in [0.3, 0.4) is 0 Å². The lowest BCUT2D eigenvalue weighted by Gasteiger charge is -2.05. The van der Waals surface area contributed by atoms with Crippen molar-refractivity contribution in [2.75, 3.05) is 0 Å². The summed E-state index contributed by atoms with van der Waals surface area (Å²) in [6.45, 7) is 1.69. The second-order valence-electron chi connectivity index (χ2n) is 4.88. The minimum absolute atomic E-state index is 0.0666. The zero-order valence-corrected chi connectivity index (χ0v) is 11.8. The van der Waals surface area contributed by atoms with E-state index in [4.69, 9.17) is 0 Å². The first-order valence-corrected chi connectivity index (χ1v) is 6.72. The van der Waals surface area contributed by atoms with E-state index < -0.39 is 0 Å². The summed E-state index contributed by atoms with van der Waals surface area (Å²) >= 11 is 0. The monoisotopic (exact) mass is 296 g/mol. The maximum Gasteiger partial charge on any atom is 0.231 e. The van der Waals surface area contributed by atoms with E-state index in [1.807, 2.05) is 0 Å². The minimum atomic E-state index is -0.375. The summed E-state index contributed by atoms with van der Waals surface area (Å²) in [7, 11) is 0. The Morgan fingerprint density at radius 3 is 2.36 bits per heavy atom. The first-order valence-electron chi connectivity index (χ1n) is 6.72. The molecule has 110 valence electrons. The summed E-state index contributed by atoms with van der Waals surface area (Å²) in [5.74, 6) is -0.811. The summed E-state index contributed by atoms with van der Waals surface area (Å²) in [4.78, 5) is 16.6. The van der Waals surface area contributed by atoms with E-state index in [1.54, 1.807) is 37.3 Å². The van der Waals surface area contributed by atoms with Crippen LogP contribution in [0, 0.1) is 12.7 Å². The second kappa shape index (κ2) is 5.44. The molecular formula is C17H13FN2O2. The molecule has 0 atom stereocenters. The molecule has 0 amide bonds. The van der Waals surface area contributed by atoms with Crippen LogP contribution >= 0.6 is 0 Å². The third-order valence-corrected chi connectivity index (χ3v) is 3.39. The van der Waals surface area contributed by atoms with Gasteiger partial charge in [0.25, 0.3) is 0 Å². The third-order valence-electron chi connectivity index (χ3n) is 3.39. The van der Waals surface area contributed by atoms with Crippen LogP contribution in [0.4, 0.5) is 4.39 Å². The third kappa shape index (κ3) is 2.37. The molecule has 0 spiro atoms. The van der Waals surface area contributed by atoms with E-state index in [1.165, 1.54) is 24.3 Å². The molecule has 0 radical (unpaired) electrons. The van der Waals surface area contributed by atoms with E-state index in [0.29, 0.717) is 22.5 Å². The number of carbonyl (C=O) groups excluding carboxylic acids is 1. The van der Waals surface area contributed by atoms with Crippen molar-refractivity contribution < 1.29 is 14.4 Å². The first kappa shape index (κ1) is 14.0. The van der Waals surface area contributed by atoms with E-state index >= 15 is 0 Å². The number of benzene rings is 2. The van der Waals surface area contributed by atoms with Crippen molar-refractivity contribution >= 4 is 5.78 Å². The lowest BCUT2D eigenvalue weighted by molar-refractivity contribution is 0.0979. The molecule has 4 nitrogen and oxygen atoms in total. The molecule has 5 heteroatoms. The van der Waals surface area contributed by atoms with Crippen molar-refractivity contribution in [3.63, 3.8) is 0 Å². The molecular weight excluding hydrogens is 283 g/mol. The van der Waals surface area contributed by atoms with E-state index in [0.717, 1.165) is 4.73 Å². The maximum absolute atomic E-state index is 13.0. The number of imidazole rings is 1. The van der Waals surface area contributed by atoms with E-state index in [9.17, 15) is 14.4 Å². The van der Waals surface area contributed by atoms with Crippen LogP contribution in [-0.2, 0) is 0 Å². The molecule has 2 aromatic carbocycles. The molecule has 1 N–H and O–H groups in total. The van der Waals surface area contributed by atoms with Crippen LogP contribution in [0.1, 0.15) is 21.9 Å². The Kier molecular flexibility index (Phi) is 3.47. The van der Waals surface area contributed by atoms with Gasteiger partial charge in [-0.1, -0.05) is 30.3 Å². The fraction of sp³-hybridized carbons (Fsp3) is 0.0588. The van der Waals surface area contributed by atoms with Crippen molar-refractivity contribution in [1.29, 1.82) is 0 Å². The summed E-state index contributed by atoms with van der Waals surface area (Å²) in [6.07, 6.45) is 0. The van der Waals surface area contributed by atoms with E-state index in [2.05, 4.69) is 4.98 Å². The number of hydrogen-bond acceptors (Lipinski definition) is 3. The normalized spacial score (nSPS) is 10.6. The SMILES string of the molecule is Cc1nc(C(=O)c2ccccc2)n(O)c1-c1ccc(F)cc1. The molecule has 3 rings (SSSR count). The predicted octanol–water partition coefficient (Wildman–Crippen LogP) is 3.47. The Labute approximate surface area is 126 Å². The summed E-state index contributed by atoms with van der Waals surface area (Å²) < 4.78 is 13.8. The summed E-state index contributed by atoms with van der Waals surface area (Å²) in [5, 5.41) is 10.3. The summed E-state index contributed by atoms with van der Waals surface area (Å²) in [5.41, 5.74) is 1.89. The largest absolute Gasteiger partial charge is 0.426 e. The molecule has 0 aliphatic carbocycles. The first-order chi connectivity index (χ1) is 10.6. The Balaban J connectivity index is 2.07. The number of rotatable bonds is 3. The number of aryl methyl sites for hydroxylation is 1. The Hall–Kier alpha value is -2.95. The highest BCUT2D eigenvalue weighted by Gasteiger charge is 2.22. The van der Waals surface area contributed by atoms with Gasteiger partial charge in [0.05, 0.1) is 5.69 Å².